The van der Waals surface area contributed by atoms with Crippen molar-refractivity contribution in [2.45, 2.75) is 25.2 Å². The van der Waals surface area contributed by atoms with Gasteiger partial charge in [0.2, 0.25) is 10.0 Å². The third-order valence-corrected chi connectivity index (χ3v) is 9.35. The van der Waals surface area contributed by atoms with Crippen LogP contribution in [0.5, 0.6) is 0 Å². The summed E-state index contributed by atoms with van der Waals surface area (Å²) in [6, 6.07) is 10.7. The fourth-order valence-corrected chi connectivity index (χ4v) is 6.68. The van der Waals surface area contributed by atoms with Crippen LogP contribution in [0.25, 0.3) is 10.2 Å². The molecule has 0 saturated carbocycles. The van der Waals surface area contributed by atoms with E-state index in [2.05, 4.69) is 9.88 Å². The van der Waals surface area contributed by atoms with Gasteiger partial charge in [-0.2, -0.15) is 4.31 Å². The molecule has 0 bridgehead atoms. The number of carbonyl (C=O) groups excluding carboxylic acids is 1. The highest BCUT2D eigenvalue weighted by Crippen LogP contribution is 2.31. The Labute approximate surface area is 215 Å². The highest BCUT2D eigenvalue weighted by Gasteiger charge is 2.25. The zero-order valence-electron chi connectivity index (χ0n) is 20.5. The van der Waals surface area contributed by atoms with Crippen molar-refractivity contribution in [1.82, 2.24) is 14.2 Å². The van der Waals surface area contributed by atoms with Crippen LogP contribution in [-0.4, -0.2) is 81.0 Å². The summed E-state index contributed by atoms with van der Waals surface area (Å²) in [6.45, 7) is 8.60. The molecule has 4 rings (SSSR count). The smallest absolute Gasteiger partial charge is 0.260 e. The van der Waals surface area contributed by atoms with Gasteiger partial charge < -0.3 is 4.74 Å². The average Bonchev–Trinajstić information content (AvgIpc) is 3.33. The standard InChI is InChI=1S/C25H31FN4O4S2/c1-3-29(4-2)36(32,33)20-11-9-19(10-12-20)24(31)30(14-6-13-28-15-17-34-18-16-28)25-27-23-21(26)7-5-8-22(23)35-25/h5,7-12H,3-4,6,13-18H2,1-2H3. The lowest BCUT2D eigenvalue weighted by atomic mass is 10.2. The molecule has 2 aromatic carbocycles. The number of fused-ring (bicyclic) bond motifs is 1. The number of nitrogens with zero attached hydrogens (tertiary/aromatic N) is 4. The van der Waals surface area contributed by atoms with Crippen LogP contribution in [-0.2, 0) is 14.8 Å². The number of carbonyl (C=O) groups is 1. The molecule has 0 aliphatic carbocycles. The van der Waals surface area contributed by atoms with E-state index in [1.165, 1.54) is 46.0 Å². The maximum Gasteiger partial charge on any atom is 0.260 e. The summed E-state index contributed by atoms with van der Waals surface area (Å²) >= 11 is 1.26. The molecule has 1 saturated heterocycles. The molecule has 0 spiro atoms. The number of benzene rings is 2. The molecule has 0 radical (unpaired) electrons. The van der Waals surface area contributed by atoms with Crippen LogP contribution in [0.3, 0.4) is 0 Å². The summed E-state index contributed by atoms with van der Waals surface area (Å²) in [6.07, 6.45) is 0.707. The van der Waals surface area contributed by atoms with Crippen molar-refractivity contribution in [3.8, 4) is 0 Å². The highest BCUT2D eigenvalue weighted by molar-refractivity contribution is 7.89. The Morgan fingerprint density at radius 2 is 1.81 bits per heavy atom. The molecule has 1 aromatic heterocycles. The largest absolute Gasteiger partial charge is 0.379 e. The molecule has 0 atom stereocenters. The molecular weight excluding hydrogens is 503 g/mol. The Kier molecular flexibility index (Phi) is 8.68. The van der Waals surface area contributed by atoms with Gasteiger partial charge in [-0.05, 0) is 42.8 Å². The highest BCUT2D eigenvalue weighted by atomic mass is 32.2. The van der Waals surface area contributed by atoms with Crippen LogP contribution in [0.1, 0.15) is 30.6 Å². The van der Waals surface area contributed by atoms with Crippen molar-refractivity contribution in [3.05, 3.63) is 53.8 Å². The topological polar surface area (TPSA) is 83.1 Å². The van der Waals surface area contributed by atoms with Crippen LogP contribution in [0.15, 0.2) is 47.4 Å². The second kappa shape index (κ2) is 11.7. The molecule has 1 amide bonds. The Morgan fingerprint density at radius 3 is 2.44 bits per heavy atom. The number of ether oxygens (including phenoxy) is 1. The molecule has 194 valence electrons. The second-order valence-corrected chi connectivity index (χ2v) is 11.4. The monoisotopic (exact) mass is 534 g/mol. The number of halogens is 1. The van der Waals surface area contributed by atoms with Crippen molar-refractivity contribution >= 4 is 42.6 Å². The summed E-state index contributed by atoms with van der Waals surface area (Å²) in [5.41, 5.74) is 0.587. The van der Waals surface area contributed by atoms with Crippen LogP contribution < -0.4 is 4.90 Å². The summed E-state index contributed by atoms with van der Waals surface area (Å²) < 4.78 is 47.4. The van der Waals surface area contributed by atoms with Crippen LogP contribution in [0.4, 0.5) is 9.52 Å². The van der Waals surface area contributed by atoms with Gasteiger partial charge in [0.1, 0.15) is 11.3 Å². The predicted octanol–water partition coefficient (Wildman–Crippen LogP) is 3.84. The fraction of sp³-hybridized carbons (Fsp3) is 0.440. The lowest BCUT2D eigenvalue weighted by Gasteiger charge is -2.27. The minimum Gasteiger partial charge on any atom is -0.379 e. The fourth-order valence-electron chi connectivity index (χ4n) is 4.22. The van der Waals surface area contributed by atoms with E-state index in [9.17, 15) is 17.6 Å². The molecule has 0 N–H and O–H groups in total. The number of hydrogen-bond donors (Lipinski definition) is 0. The first-order valence-corrected chi connectivity index (χ1v) is 14.4. The number of thiazole rings is 1. The third-order valence-electron chi connectivity index (χ3n) is 6.24. The van der Waals surface area contributed by atoms with Gasteiger partial charge in [0.25, 0.3) is 5.91 Å². The number of amides is 1. The average molecular weight is 535 g/mol. The normalized spacial score (nSPS) is 15.0. The van der Waals surface area contributed by atoms with Gasteiger partial charge in [-0.1, -0.05) is 31.3 Å². The van der Waals surface area contributed by atoms with Gasteiger partial charge in [-0.3, -0.25) is 14.6 Å². The van der Waals surface area contributed by atoms with Crippen molar-refractivity contribution in [2.75, 3.05) is 57.4 Å². The van der Waals surface area contributed by atoms with Crippen LogP contribution in [0.2, 0.25) is 0 Å². The summed E-state index contributed by atoms with van der Waals surface area (Å²) in [7, 11) is -3.62. The molecule has 1 aliphatic heterocycles. The van der Waals surface area contributed by atoms with E-state index in [0.717, 1.165) is 19.6 Å². The van der Waals surface area contributed by atoms with Gasteiger partial charge in [0.05, 0.1) is 22.8 Å². The van der Waals surface area contributed by atoms with Gasteiger partial charge in [-0.15, -0.1) is 0 Å². The van der Waals surface area contributed by atoms with Gasteiger partial charge >= 0.3 is 0 Å². The summed E-state index contributed by atoms with van der Waals surface area (Å²) in [4.78, 5) is 22.0. The van der Waals surface area contributed by atoms with Crippen molar-refractivity contribution in [1.29, 1.82) is 0 Å². The molecule has 1 fully saturated rings. The molecule has 36 heavy (non-hydrogen) atoms. The molecule has 0 unspecified atom stereocenters. The Hall–Kier alpha value is -2.44. The summed E-state index contributed by atoms with van der Waals surface area (Å²) in [5, 5.41) is 0.418. The minimum absolute atomic E-state index is 0.142. The maximum atomic E-state index is 14.3. The number of sulfonamides is 1. The number of anilines is 1. The van der Waals surface area contributed by atoms with Crippen molar-refractivity contribution in [2.24, 2.45) is 0 Å². The van der Waals surface area contributed by atoms with E-state index in [1.807, 2.05) is 0 Å². The van der Waals surface area contributed by atoms with Crippen molar-refractivity contribution in [3.63, 3.8) is 0 Å². The Balaban J connectivity index is 1.59. The van der Waals surface area contributed by atoms with Crippen LogP contribution >= 0.6 is 11.3 Å². The molecule has 8 nitrogen and oxygen atoms in total. The lowest BCUT2D eigenvalue weighted by molar-refractivity contribution is 0.0376. The lowest BCUT2D eigenvalue weighted by Crippen LogP contribution is -2.39. The van der Waals surface area contributed by atoms with E-state index in [-0.39, 0.29) is 16.3 Å². The van der Waals surface area contributed by atoms with E-state index >= 15 is 0 Å². The maximum absolute atomic E-state index is 14.3. The molecule has 3 aromatic rings. The van der Waals surface area contributed by atoms with Crippen molar-refractivity contribution < 1.29 is 22.3 Å². The molecular formula is C25H31FN4O4S2. The zero-order chi connectivity index (χ0) is 25.7. The third kappa shape index (κ3) is 5.76. The number of para-hydroxylation sites is 1. The quantitative estimate of drug-likeness (QED) is 0.393. The van der Waals surface area contributed by atoms with Gasteiger partial charge in [0, 0.05) is 44.8 Å². The van der Waals surface area contributed by atoms with Gasteiger partial charge in [-0.25, -0.2) is 17.8 Å². The number of hydrogen-bond acceptors (Lipinski definition) is 7. The molecule has 2 heterocycles. The van der Waals surface area contributed by atoms with E-state index in [1.54, 1.807) is 30.9 Å². The first-order valence-electron chi connectivity index (χ1n) is 12.1. The summed E-state index contributed by atoms with van der Waals surface area (Å²) in [5.74, 6) is -0.732. The number of morpholine rings is 1. The minimum atomic E-state index is -3.62. The van der Waals surface area contributed by atoms with Crippen LogP contribution in [0, 0.1) is 5.82 Å². The Morgan fingerprint density at radius 1 is 1.11 bits per heavy atom. The predicted molar refractivity (Wildman–Crippen MR) is 140 cm³/mol. The second-order valence-electron chi connectivity index (χ2n) is 8.46. The first-order chi connectivity index (χ1) is 17.3. The van der Waals surface area contributed by atoms with E-state index in [4.69, 9.17) is 4.74 Å². The SMILES string of the molecule is CCN(CC)S(=O)(=O)c1ccc(C(=O)N(CCCN2CCOCC2)c2nc3c(F)cccc3s2)cc1. The van der Waals surface area contributed by atoms with E-state index in [0.29, 0.717) is 54.7 Å². The number of rotatable bonds is 10. The molecule has 1 aliphatic rings. The zero-order valence-corrected chi connectivity index (χ0v) is 22.2. The van der Waals surface area contributed by atoms with Gasteiger partial charge in [0.15, 0.2) is 5.13 Å². The number of aromatic nitrogens is 1. The van der Waals surface area contributed by atoms with E-state index < -0.39 is 15.8 Å². The Bertz CT molecular complexity index is 1290. The first kappa shape index (κ1) is 26.6. The molecule has 11 heteroatoms.